The molecule has 0 radical (unpaired) electrons. The van der Waals surface area contributed by atoms with Crippen molar-refractivity contribution >= 4 is 16.7 Å². The van der Waals surface area contributed by atoms with E-state index in [2.05, 4.69) is 12.2 Å². The summed E-state index contributed by atoms with van der Waals surface area (Å²) in [6, 6.07) is -0.00271. The summed E-state index contributed by atoms with van der Waals surface area (Å²) in [6.07, 6.45) is 5.78. The van der Waals surface area contributed by atoms with Crippen molar-refractivity contribution in [2.24, 2.45) is 0 Å². The number of carbonyl (C=O) groups is 1. The van der Waals surface area contributed by atoms with Gasteiger partial charge in [0, 0.05) is 29.4 Å². The first-order valence-electron chi connectivity index (χ1n) is 6.42. The smallest absolute Gasteiger partial charge is 0.241 e. The average Bonchev–Trinajstić information content (AvgIpc) is 2.53. The van der Waals surface area contributed by atoms with Crippen molar-refractivity contribution in [2.45, 2.75) is 51.7 Å². The van der Waals surface area contributed by atoms with Crippen LogP contribution in [0.4, 0.5) is 0 Å². The molecule has 3 unspecified atom stereocenters. The fraction of sp³-hybridized carbons (Fsp3) is 0.917. The van der Waals surface area contributed by atoms with Gasteiger partial charge in [0.05, 0.1) is 12.2 Å². The highest BCUT2D eigenvalue weighted by atomic mass is 32.2. The van der Waals surface area contributed by atoms with E-state index < -0.39 is 10.8 Å². The summed E-state index contributed by atoms with van der Waals surface area (Å²) in [5, 5.41) is 3.33. The minimum atomic E-state index is -0.760. The van der Waals surface area contributed by atoms with Crippen molar-refractivity contribution in [3.8, 4) is 0 Å². The highest BCUT2D eigenvalue weighted by molar-refractivity contribution is 7.84. The number of nitrogens with one attached hydrogen (secondary N) is 1. The van der Waals surface area contributed by atoms with E-state index >= 15 is 0 Å². The molecule has 4 nitrogen and oxygen atoms in total. The molecule has 5 heteroatoms. The number of hydrogen-bond donors (Lipinski definition) is 1. The van der Waals surface area contributed by atoms with Crippen molar-refractivity contribution < 1.29 is 9.00 Å². The molecule has 1 aliphatic rings. The zero-order chi connectivity index (χ0) is 12.8. The molecule has 1 fully saturated rings. The first kappa shape index (κ1) is 14.6. The van der Waals surface area contributed by atoms with Crippen molar-refractivity contribution in [1.82, 2.24) is 10.2 Å². The molecule has 1 amide bonds. The van der Waals surface area contributed by atoms with Gasteiger partial charge in [-0.3, -0.25) is 14.3 Å². The minimum Gasteiger partial charge on any atom is -0.326 e. The fourth-order valence-corrected chi connectivity index (χ4v) is 2.74. The summed E-state index contributed by atoms with van der Waals surface area (Å²) in [4.78, 5) is 14.0. The Morgan fingerprint density at radius 1 is 1.41 bits per heavy atom. The number of amides is 1. The van der Waals surface area contributed by atoms with E-state index in [-0.39, 0.29) is 18.1 Å². The lowest BCUT2D eigenvalue weighted by Crippen LogP contribution is -2.35. The van der Waals surface area contributed by atoms with Crippen LogP contribution in [-0.4, -0.2) is 45.8 Å². The number of unbranched alkanes of at least 4 members (excludes halogenated alkanes) is 1. The zero-order valence-corrected chi connectivity index (χ0v) is 11.9. The van der Waals surface area contributed by atoms with E-state index in [0.29, 0.717) is 5.75 Å². The molecular weight excluding hydrogens is 236 g/mol. The Morgan fingerprint density at radius 2 is 2.12 bits per heavy atom. The minimum absolute atomic E-state index is 0.00271. The van der Waals surface area contributed by atoms with Gasteiger partial charge in [0.25, 0.3) is 0 Å². The monoisotopic (exact) mass is 260 g/mol. The third-order valence-corrected chi connectivity index (χ3v) is 4.03. The van der Waals surface area contributed by atoms with Gasteiger partial charge in [-0.15, -0.1) is 0 Å². The van der Waals surface area contributed by atoms with Crippen LogP contribution in [0, 0.1) is 0 Å². The molecule has 0 aliphatic carbocycles. The van der Waals surface area contributed by atoms with Crippen molar-refractivity contribution in [2.75, 3.05) is 18.6 Å². The molecule has 0 aromatic rings. The summed E-state index contributed by atoms with van der Waals surface area (Å²) in [5.74, 6) is 0.892. The molecule has 0 bridgehead atoms. The van der Waals surface area contributed by atoms with E-state index in [1.807, 2.05) is 11.8 Å². The van der Waals surface area contributed by atoms with E-state index in [1.54, 1.807) is 6.26 Å². The second-order valence-corrected chi connectivity index (χ2v) is 6.25. The van der Waals surface area contributed by atoms with Crippen LogP contribution < -0.4 is 5.32 Å². The van der Waals surface area contributed by atoms with Crippen molar-refractivity contribution in [1.29, 1.82) is 0 Å². The highest BCUT2D eigenvalue weighted by Crippen LogP contribution is 2.15. The molecule has 0 aromatic carbocycles. The summed E-state index contributed by atoms with van der Waals surface area (Å²) >= 11 is 0. The first-order chi connectivity index (χ1) is 8.06. The summed E-state index contributed by atoms with van der Waals surface area (Å²) in [7, 11) is -0.760. The largest absolute Gasteiger partial charge is 0.326 e. The SMILES string of the molecule is CCCCC1NC(C)N(CCCS(C)=O)C1=O. The second kappa shape index (κ2) is 7.11. The topological polar surface area (TPSA) is 49.4 Å². The van der Waals surface area contributed by atoms with Gasteiger partial charge in [0.2, 0.25) is 5.91 Å². The predicted molar refractivity (Wildman–Crippen MR) is 71.2 cm³/mol. The van der Waals surface area contributed by atoms with Gasteiger partial charge < -0.3 is 4.90 Å². The normalized spacial score (nSPS) is 26.5. The van der Waals surface area contributed by atoms with E-state index in [1.165, 1.54) is 0 Å². The summed E-state index contributed by atoms with van der Waals surface area (Å²) in [6.45, 7) is 4.87. The molecule has 100 valence electrons. The van der Waals surface area contributed by atoms with Crippen molar-refractivity contribution in [3.05, 3.63) is 0 Å². The lowest BCUT2D eigenvalue weighted by Gasteiger charge is -2.20. The van der Waals surface area contributed by atoms with Gasteiger partial charge in [0.1, 0.15) is 0 Å². The maximum atomic E-state index is 12.1. The first-order valence-corrected chi connectivity index (χ1v) is 8.15. The number of rotatable bonds is 7. The van der Waals surface area contributed by atoms with E-state index in [0.717, 1.165) is 32.2 Å². The van der Waals surface area contributed by atoms with Gasteiger partial charge in [0.15, 0.2) is 0 Å². The molecule has 1 N–H and O–H groups in total. The Kier molecular flexibility index (Phi) is 6.12. The summed E-state index contributed by atoms with van der Waals surface area (Å²) in [5.41, 5.74) is 0. The molecule has 17 heavy (non-hydrogen) atoms. The van der Waals surface area contributed by atoms with Crippen LogP contribution in [0.2, 0.25) is 0 Å². The van der Waals surface area contributed by atoms with Crippen LogP contribution in [0.3, 0.4) is 0 Å². The Labute approximate surface area is 107 Å². The lowest BCUT2D eigenvalue weighted by atomic mass is 10.1. The maximum absolute atomic E-state index is 12.1. The van der Waals surface area contributed by atoms with Gasteiger partial charge in [-0.05, 0) is 19.8 Å². The van der Waals surface area contributed by atoms with Gasteiger partial charge in [-0.2, -0.15) is 0 Å². The van der Waals surface area contributed by atoms with Gasteiger partial charge in [-0.1, -0.05) is 19.8 Å². The third kappa shape index (κ3) is 4.39. The Bertz CT molecular complexity index is 284. The molecule has 1 saturated heterocycles. The number of nitrogens with zero attached hydrogens (tertiary/aromatic N) is 1. The third-order valence-electron chi connectivity index (χ3n) is 3.17. The molecule has 0 spiro atoms. The van der Waals surface area contributed by atoms with Crippen LogP contribution in [-0.2, 0) is 15.6 Å². The van der Waals surface area contributed by atoms with Crippen LogP contribution in [0.1, 0.15) is 39.5 Å². The van der Waals surface area contributed by atoms with E-state index in [4.69, 9.17) is 0 Å². The average molecular weight is 260 g/mol. The zero-order valence-electron chi connectivity index (χ0n) is 11.1. The van der Waals surface area contributed by atoms with Crippen LogP contribution in [0.5, 0.6) is 0 Å². The van der Waals surface area contributed by atoms with Crippen LogP contribution in [0.15, 0.2) is 0 Å². The van der Waals surface area contributed by atoms with Crippen LogP contribution >= 0.6 is 0 Å². The number of hydrogen-bond acceptors (Lipinski definition) is 3. The molecule has 0 aromatic heterocycles. The predicted octanol–water partition coefficient (Wildman–Crippen LogP) is 1.09. The van der Waals surface area contributed by atoms with Gasteiger partial charge >= 0.3 is 0 Å². The molecule has 3 atom stereocenters. The highest BCUT2D eigenvalue weighted by Gasteiger charge is 2.35. The van der Waals surface area contributed by atoms with E-state index in [9.17, 15) is 9.00 Å². The lowest BCUT2D eigenvalue weighted by molar-refractivity contribution is -0.130. The molecule has 1 rings (SSSR count). The molecule has 1 aliphatic heterocycles. The molecule has 1 heterocycles. The Hall–Kier alpha value is -0.420. The number of carbonyl (C=O) groups excluding carboxylic acids is 1. The standard InChI is InChI=1S/C12H24N2O2S/c1-4-5-7-11-12(15)14(10(2)13-11)8-6-9-17(3)16/h10-11,13H,4-9H2,1-3H3. The second-order valence-electron chi connectivity index (χ2n) is 4.70. The fourth-order valence-electron chi connectivity index (χ4n) is 2.20. The molecule has 0 saturated carbocycles. The Morgan fingerprint density at radius 3 is 2.71 bits per heavy atom. The Balaban J connectivity index is 2.39. The summed E-state index contributed by atoms with van der Waals surface area (Å²) < 4.78 is 11.0. The van der Waals surface area contributed by atoms with Crippen LogP contribution in [0.25, 0.3) is 0 Å². The molecular formula is C12H24N2O2S. The maximum Gasteiger partial charge on any atom is 0.241 e. The van der Waals surface area contributed by atoms with Gasteiger partial charge in [-0.25, -0.2) is 0 Å². The van der Waals surface area contributed by atoms with Crippen molar-refractivity contribution in [3.63, 3.8) is 0 Å². The quantitative estimate of drug-likeness (QED) is 0.745.